The van der Waals surface area contributed by atoms with Crippen LogP contribution in [-0.2, 0) is 16.1 Å². The molecule has 0 atom stereocenters. The minimum Gasteiger partial charge on any atom is -0.493 e. The van der Waals surface area contributed by atoms with Crippen molar-refractivity contribution in [1.82, 2.24) is 5.32 Å². The van der Waals surface area contributed by atoms with E-state index in [9.17, 15) is 9.59 Å². The number of fused-ring (bicyclic) bond motifs is 1. The summed E-state index contributed by atoms with van der Waals surface area (Å²) >= 11 is 0. The monoisotopic (exact) mass is 399 g/mol. The Kier molecular flexibility index (Phi) is 5.68. The molecule has 0 saturated carbocycles. The van der Waals surface area contributed by atoms with Crippen LogP contribution in [0, 0.1) is 0 Å². The summed E-state index contributed by atoms with van der Waals surface area (Å²) in [6, 6.07) is 9.23. The Morgan fingerprint density at radius 2 is 1.76 bits per heavy atom. The summed E-state index contributed by atoms with van der Waals surface area (Å²) in [5.74, 6) is 0.916. The molecule has 1 heterocycles. The zero-order valence-electron chi connectivity index (χ0n) is 17.3. The van der Waals surface area contributed by atoms with Gasteiger partial charge in [-0.05, 0) is 43.2 Å². The molecule has 1 aliphatic rings. The molecule has 154 valence electrons. The van der Waals surface area contributed by atoms with Gasteiger partial charge in [-0.3, -0.25) is 9.59 Å². The normalized spacial score (nSPS) is 12.8. The largest absolute Gasteiger partial charge is 0.493 e. The molecule has 0 unspecified atom stereocenters. The van der Waals surface area contributed by atoms with Gasteiger partial charge < -0.3 is 24.3 Å². The number of amides is 1. The van der Waals surface area contributed by atoms with E-state index in [1.165, 1.54) is 14.0 Å². The van der Waals surface area contributed by atoms with E-state index in [1.807, 2.05) is 18.2 Å². The number of hydrogen-bond donors (Lipinski definition) is 1. The summed E-state index contributed by atoms with van der Waals surface area (Å²) in [5, 5.41) is 2.85. The number of carbonyl (C=O) groups excluding carboxylic acids is 2. The number of ether oxygens (including phenoxy) is 4. The van der Waals surface area contributed by atoms with Crippen molar-refractivity contribution in [2.45, 2.75) is 32.9 Å². The van der Waals surface area contributed by atoms with Crippen LogP contribution in [-0.4, -0.2) is 38.3 Å². The van der Waals surface area contributed by atoms with E-state index in [1.54, 1.807) is 33.1 Å². The Hall–Kier alpha value is -3.22. The molecular weight excluding hydrogens is 374 g/mol. The molecule has 3 rings (SSSR count). The molecule has 29 heavy (non-hydrogen) atoms. The first kappa shape index (κ1) is 20.5. The van der Waals surface area contributed by atoms with Crippen LogP contribution in [0.3, 0.4) is 0 Å². The van der Waals surface area contributed by atoms with E-state index < -0.39 is 5.60 Å². The first-order valence-electron chi connectivity index (χ1n) is 9.25. The van der Waals surface area contributed by atoms with Crippen molar-refractivity contribution < 1.29 is 28.5 Å². The Labute approximate surface area is 169 Å². The van der Waals surface area contributed by atoms with Crippen molar-refractivity contribution >= 4 is 11.9 Å². The lowest BCUT2D eigenvalue weighted by Gasteiger charge is -2.26. The molecule has 0 radical (unpaired) electrons. The molecule has 1 aliphatic heterocycles. The van der Waals surface area contributed by atoms with E-state index in [0.717, 1.165) is 16.7 Å². The summed E-state index contributed by atoms with van der Waals surface area (Å²) in [6.07, 6.45) is 0. The van der Waals surface area contributed by atoms with Crippen molar-refractivity contribution in [3.8, 4) is 28.4 Å². The van der Waals surface area contributed by atoms with Crippen molar-refractivity contribution in [1.29, 1.82) is 0 Å². The summed E-state index contributed by atoms with van der Waals surface area (Å²) in [6.45, 7) is 5.44. The van der Waals surface area contributed by atoms with Gasteiger partial charge >= 0.3 is 5.97 Å². The summed E-state index contributed by atoms with van der Waals surface area (Å²) in [4.78, 5) is 23.5. The SMILES string of the molecule is COc1ccc(-c2cccc3c2CNC3=O)c(OCC(C)(C)OC(C)=O)c1OC. The number of carbonyl (C=O) groups is 2. The minimum absolute atomic E-state index is 0.0965. The molecule has 7 heteroatoms. The van der Waals surface area contributed by atoms with E-state index in [2.05, 4.69) is 5.32 Å². The predicted molar refractivity (Wildman–Crippen MR) is 107 cm³/mol. The fourth-order valence-corrected chi connectivity index (χ4v) is 3.42. The average Bonchev–Trinajstić information content (AvgIpc) is 3.05. The highest BCUT2D eigenvalue weighted by Gasteiger charge is 2.28. The van der Waals surface area contributed by atoms with E-state index in [-0.39, 0.29) is 18.5 Å². The second-order valence-corrected chi connectivity index (χ2v) is 7.33. The highest BCUT2D eigenvalue weighted by atomic mass is 16.6. The molecule has 0 aromatic heterocycles. The fourth-order valence-electron chi connectivity index (χ4n) is 3.42. The molecule has 0 spiro atoms. The van der Waals surface area contributed by atoms with Gasteiger partial charge in [-0.15, -0.1) is 0 Å². The maximum atomic E-state index is 12.1. The molecular formula is C22H25NO6. The zero-order valence-corrected chi connectivity index (χ0v) is 17.3. The molecule has 0 fully saturated rings. The number of benzene rings is 2. The number of methoxy groups -OCH3 is 2. The van der Waals surface area contributed by atoms with Crippen molar-refractivity contribution in [3.63, 3.8) is 0 Å². The highest BCUT2D eigenvalue weighted by Crippen LogP contribution is 2.46. The van der Waals surface area contributed by atoms with Gasteiger partial charge in [-0.2, -0.15) is 0 Å². The standard InChI is InChI=1S/C22H25NO6/c1-13(24)29-22(2,3)12-28-19-15(9-10-18(26-4)20(19)27-5)14-7-6-8-16-17(14)11-23-21(16)25/h6-10H,11-12H2,1-5H3,(H,23,25). The summed E-state index contributed by atoms with van der Waals surface area (Å²) in [5.41, 5.74) is 2.32. The molecule has 7 nitrogen and oxygen atoms in total. The lowest BCUT2D eigenvalue weighted by Crippen LogP contribution is -2.34. The number of nitrogens with one attached hydrogen (secondary N) is 1. The van der Waals surface area contributed by atoms with Gasteiger partial charge in [0, 0.05) is 24.6 Å². The Morgan fingerprint density at radius 3 is 2.41 bits per heavy atom. The number of rotatable bonds is 7. The van der Waals surface area contributed by atoms with Crippen LogP contribution in [0.25, 0.3) is 11.1 Å². The van der Waals surface area contributed by atoms with Gasteiger partial charge in [-0.1, -0.05) is 12.1 Å². The van der Waals surface area contributed by atoms with Gasteiger partial charge in [-0.25, -0.2) is 0 Å². The highest BCUT2D eigenvalue weighted by molar-refractivity contribution is 6.01. The van der Waals surface area contributed by atoms with Crippen LogP contribution in [0.2, 0.25) is 0 Å². The van der Waals surface area contributed by atoms with Crippen LogP contribution in [0.5, 0.6) is 17.2 Å². The van der Waals surface area contributed by atoms with Gasteiger partial charge in [0.15, 0.2) is 11.5 Å². The van der Waals surface area contributed by atoms with E-state index in [4.69, 9.17) is 18.9 Å². The first-order valence-corrected chi connectivity index (χ1v) is 9.25. The smallest absolute Gasteiger partial charge is 0.303 e. The maximum absolute atomic E-state index is 12.1. The Balaban J connectivity index is 2.09. The van der Waals surface area contributed by atoms with E-state index in [0.29, 0.717) is 29.4 Å². The second-order valence-electron chi connectivity index (χ2n) is 7.33. The first-order chi connectivity index (χ1) is 13.8. The van der Waals surface area contributed by atoms with Crippen LogP contribution in [0.1, 0.15) is 36.7 Å². The van der Waals surface area contributed by atoms with Gasteiger partial charge in [0.2, 0.25) is 5.75 Å². The molecule has 0 saturated heterocycles. The second kappa shape index (κ2) is 8.03. The maximum Gasteiger partial charge on any atom is 0.303 e. The van der Waals surface area contributed by atoms with E-state index >= 15 is 0 Å². The molecule has 0 bridgehead atoms. The minimum atomic E-state index is -0.840. The van der Waals surface area contributed by atoms with Crippen LogP contribution in [0.15, 0.2) is 30.3 Å². The molecule has 1 N–H and O–H groups in total. The Bertz CT molecular complexity index is 951. The third-order valence-corrected chi connectivity index (χ3v) is 4.62. The fraction of sp³-hybridized carbons (Fsp3) is 0.364. The lowest BCUT2D eigenvalue weighted by molar-refractivity contribution is -0.156. The van der Waals surface area contributed by atoms with Gasteiger partial charge in [0.25, 0.3) is 5.91 Å². The topological polar surface area (TPSA) is 83.1 Å². The van der Waals surface area contributed by atoms with Gasteiger partial charge in [0.1, 0.15) is 12.2 Å². The van der Waals surface area contributed by atoms with Crippen LogP contribution >= 0.6 is 0 Å². The van der Waals surface area contributed by atoms with Crippen LogP contribution < -0.4 is 19.5 Å². The lowest BCUT2D eigenvalue weighted by atomic mass is 9.95. The van der Waals surface area contributed by atoms with Crippen molar-refractivity contribution in [2.24, 2.45) is 0 Å². The molecule has 0 aliphatic carbocycles. The summed E-state index contributed by atoms with van der Waals surface area (Å²) < 4.78 is 22.4. The van der Waals surface area contributed by atoms with Gasteiger partial charge in [0.05, 0.1) is 14.2 Å². The molecule has 2 aromatic carbocycles. The third-order valence-electron chi connectivity index (χ3n) is 4.62. The zero-order chi connectivity index (χ0) is 21.2. The molecule has 2 aromatic rings. The number of hydrogen-bond acceptors (Lipinski definition) is 6. The molecule has 1 amide bonds. The van der Waals surface area contributed by atoms with Crippen molar-refractivity contribution in [3.05, 3.63) is 41.5 Å². The number of esters is 1. The van der Waals surface area contributed by atoms with Crippen molar-refractivity contribution in [2.75, 3.05) is 20.8 Å². The third kappa shape index (κ3) is 4.13. The quantitative estimate of drug-likeness (QED) is 0.719. The Morgan fingerprint density at radius 1 is 1.03 bits per heavy atom. The van der Waals surface area contributed by atoms with Crippen LogP contribution in [0.4, 0.5) is 0 Å². The summed E-state index contributed by atoms with van der Waals surface area (Å²) in [7, 11) is 3.08. The predicted octanol–water partition coefficient (Wildman–Crippen LogP) is 3.33. The average molecular weight is 399 g/mol.